The first-order chi connectivity index (χ1) is 68.5. The SMILES string of the molecule is CC(=O)CCO[C@@H]1C[C@H](n2cc(C#CCNC(=O)OCCSSCCN)c3c(=O)[nH]c(N)nc32)O[C@@H]1COP(=O)(O)OP(=O)(O)OP(=O)(O)O.CC(=O)CCO[C@@H]1C[C@H](n2cc(C#CCNC(=O)OCCSSCCNC(=O)c3ccc(C4=c5cc6c(cc5Oc5cc7c(cc54)C(CS(=O)(=O)O)=CC(C)(C)N7)=NC(C)(C)C=C6CS(=O)(=O)O)cc3C(=O)O)c3c(=O)[nH]c(N)nc32)O[C@@H]1COP(=O)(O)OP(=O)(O)OP(=O)(O)O. The first-order valence-corrected chi connectivity index (χ1v) is 60.1. The van der Waals surface area contributed by atoms with Crippen LogP contribution >= 0.6 is 90.1 Å². The Kier molecular flexibility index (Phi) is 39.6. The number of carbonyl (C=O) groups excluding carboxylic acids is 5. The number of nitrogens with one attached hydrogen (secondary N) is 6. The van der Waals surface area contributed by atoms with Gasteiger partial charge in [0, 0.05) is 119 Å². The normalized spacial score (nSPS) is 19.3. The number of aromatic carboxylic acids is 1. The molecule has 0 bridgehead atoms. The number of alkyl carbamates (subject to hydrolysis) is 2. The summed E-state index contributed by atoms with van der Waals surface area (Å²) in [6, 6.07) is 10.6. The molecule has 0 spiro atoms. The number of nitrogens with two attached hydrogens (primary N) is 3. The summed E-state index contributed by atoms with van der Waals surface area (Å²) in [5, 5.41) is 22.2. The molecule has 7 aromatic rings. The molecule has 2 saturated heterocycles. The van der Waals surface area contributed by atoms with Crippen molar-refractivity contribution in [2.24, 2.45) is 10.7 Å². The van der Waals surface area contributed by atoms with Gasteiger partial charge in [-0.1, -0.05) is 85.1 Å². The minimum atomic E-state index is -5.86. The van der Waals surface area contributed by atoms with Gasteiger partial charge in [-0.05, 0) is 82.5 Å². The number of carboxylic acid groups (broad SMARTS) is 1. The third-order valence-electron chi connectivity index (χ3n) is 20.4. The molecule has 147 heavy (non-hydrogen) atoms. The maximum atomic E-state index is 13.7. The van der Waals surface area contributed by atoms with Gasteiger partial charge in [0.2, 0.25) is 11.9 Å². The van der Waals surface area contributed by atoms with Crippen molar-refractivity contribution in [2.45, 2.75) is 115 Å². The van der Waals surface area contributed by atoms with Crippen LogP contribution in [0.5, 0.6) is 11.5 Å². The zero-order chi connectivity index (χ0) is 108. The molecule has 12 rings (SSSR count). The second-order valence-corrected chi connectivity index (χ2v) is 50.2. The molecule has 802 valence electrons. The van der Waals surface area contributed by atoms with E-state index < -0.39 is 181 Å². The van der Waals surface area contributed by atoms with Crippen LogP contribution < -0.4 is 64.9 Å². The van der Waals surface area contributed by atoms with Gasteiger partial charge in [0.05, 0.1) is 101 Å². The molecule has 0 aliphatic carbocycles. The summed E-state index contributed by atoms with van der Waals surface area (Å²) in [5.74, 6) is 8.62. The predicted molar refractivity (Wildman–Crippen MR) is 529 cm³/mol. The lowest BCUT2D eigenvalue weighted by molar-refractivity contribution is -0.120. The number of Topliss-reactive ketones (excluding diaryl/α,β-unsaturated/α-hetero) is 2. The topological polar surface area (TPSA) is 856 Å². The molecule has 2 fully saturated rings. The molecule has 9 heterocycles. The standard InChI is InChI=1S/C56H63N8O26P3S4.C23H35N6O16P3S2/c1-29(65)10-13-84-44-22-46(88-45(44)26-86-92(74,75)90-93(76,77)89-91(71,72)73)64-25-31(48-49(64)60-53(57)61-51(48)67)7-6-11-59-54(70)85-14-16-95-94-15-12-58-50(66)34-9-8-30(17-37(34)52(68)69)47-38-18-35-32(27-96(78,79)80)23-55(2,3)62-40(35)20-42(38)87-43-21-41-36(19-39(43)47)33(28-97(81,82)83)24-56(4,5)63-41;1-14(30)4-7-40-16-11-18(43-17(16)13-42-47(36,37)45-48(38,39)44-46(33,34)35)29-12-15(19-20(29)27-22(25)28-21(19)31)3-2-6-26-23(32)41-8-10-50-49-9-5-24/h8-9,17-21,23-25,44-46,62H,10-16,22,26-28H2,1-5H3,(H,58,66)(H,59,70)(H,68,69)(H,74,75)(H,76,77)(H2,71,72,73)(H,78,79,80)(H,81,82,83)(H3,57,60,61,67);12,16-18H,4-11,13,24H2,1H3,(H,26,32)(H,36,37)(H,38,39)(H2,33,34,35)(H3,25,27,28,31)/t44-,45-,46-;16-,17-,18-/m11/s1. The van der Waals surface area contributed by atoms with E-state index >= 15 is 0 Å². The highest BCUT2D eigenvalue weighted by atomic mass is 33.1. The van der Waals surface area contributed by atoms with E-state index in [-0.39, 0.29) is 168 Å². The van der Waals surface area contributed by atoms with E-state index in [0.29, 0.717) is 56.6 Å². The lowest BCUT2D eigenvalue weighted by Crippen LogP contribution is -2.33. The summed E-state index contributed by atoms with van der Waals surface area (Å²) < 4.78 is 208. The number of ether oxygens (including phenoxy) is 7. The number of aromatic amines is 2. The minimum Gasteiger partial charge on any atom is -0.478 e. The number of benzene rings is 3. The summed E-state index contributed by atoms with van der Waals surface area (Å²) in [4.78, 5) is 193. The van der Waals surface area contributed by atoms with Gasteiger partial charge in [-0.2, -0.15) is 44.0 Å². The number of nitrogen functional groups attached to an aromatic ring is 2. The third-order valence-corrected chi connectivity index (χ3v) is 34.1. The molecule has 5 aliphatic rings. The van der Waals surface area contributed by atoms with Gasteiger partial charge in [0.15, 0.2) is 11.3 Å². The maximum Gasteiger partial charge on any atom is 0.490 e. The van der Waals surface area contributed by atoms with Gasteiger partial charge in [0.25, 0.3) is 37.3 Å². The van der Waals surface area contributed by atoms with Crippen LogP contribution in [-0.2, 0) is 112 Å². The number of H-pyrrole nitrogens is 2. The quantitative estimate of drug-likeness (QED) is 0.00773. The fraction of sp³-hybridized carbons (Fsp3) is 0.430. The van der Waals surface area contributed by atoms with Crippen molar-refractivity contribution in [3.05, 3.63) is 143 Å². The van der Waals surface area contributed by atoms with Gasteiger partial charge in [-0.25, -0.2) is 41.8 Å². The molecule has 0 saturated carbocycles. The number of carbonyl (C=O) groups is 6. The Morgan fingerprint density at radius 2 is 1.06 bits per heavy atom. The Hall–Kier alpha value is -9.37. The number of hydrogen-bond acceptors (Lipinski definition) is 42. The van der Waals surface area contributed by atoms with Crippen molar-refractivity contribution < 1.29 is 186 Å². The molecule has 3 aromatic carbocycles. The number of phosphoric acid groups is 6. The van der Waals surface area contributed by atoms with Crippen molar-refractivity contribution in [1.82, 2.24) is 45.0 Å². The highest BCUT2D eigenvalue weighted by Crippen LogP contribution is 2.68. The Labute approximate surface area is 848 Å². The summed E-state index contributed by atoms with van der Waals surface area (Å²) in [5.41, 5.74) is 16.1. The largest absolute Gasteiger partial charge is 0.490 e. The summed E-state index contributed by atoms with van der Waals surface area (Å²) in [6.07, 6.45) is -2.38. The average molecular weight is 2290 g/mol. The number of anilines is 3. The molecule has 4 unspecified atom stereocenters. The number of rotatable bonds is 46. The maximum absolute atomic E-state index is 13.7. The summed E-state index contributed by atoms with van der Waals surface area (Å²) in [6.45, 7) is 7.95. The number of phosphoric ester groups is 2. The highest BCUT2D eigenvalue weighted by molar-refractivity contribution is 8.77. The Morgan fingerprint density at radius 3 is 1.52 bits per heavy atom. The van der Waals surface area contributed by atoms with Crippen LogP contribution in [0.2, 0.25) is 0 Å². The monoisotopic (exact) mass is 2290 g/mol. The molecule has 56 nitrogen and oxygen atoms in total. The number of nitrogens with zero attached hydrogens (tertiary/aromatic N) is 5. The highest BCUT2D eigenvalue weighted by Gasteiger charge is 2.47. The van der Waals surface area contributed by atoms with Crippen LogP contribution in [0, 0.1) is 23.7 Å². The van der Waals surface area contributed by atoms with E-state index in [9.17, 15) is 116 Å². The summed E-state index contributed by atoms with van der Waals surface area (Å²) >= 11 is 0. The molecule has 3 amide bonds. The van der Waals surface area contributed by atoms with Crippen LogP contribution in [0.25, 0.3) is 38.8 Å². The molecule has 23 N–H and O–H groups in total. The molecule has 5 aliphatic heterocycles. The third kappa shape index (κ3) is 34.8. The first-order valence-electron chi connectivity index (χ1n) is 42.8. The zero-order valence-electron chi connectivity index (χ0n) is 77.6. The second-order valence-electron chi connectivity index (χ2n) is 33.0. The smallest absolute Gasteiger partial charge is 0.478 e. The molecule has 0 radical (unpaired) electrons. The molecule has 68 heteroatoms. The van der Waals surface area contributed by atoms with E-state index in [4.69, 9.17) is 84.0 Å². The fourth-order valence-electron chi connectivity index (χ4n) is 15.0. The zero-order valence-corrected chi connectivity index (χ0v) is 87.9. The number of hydrogen-bond donors (Lipinski definition) is 20. The lowest BCUT2D eigenvalue weighted by Gasteiger charge is -2.34. The van der Waals surface area contributed by atoms with E-state index in [1.54, 1.807) is 74.9 Å². The average Bonchev–Trinajstić information content (AvgIpc) is 1.64. The first kappa shape index (κ1) is 118. The summed E-state index contributed by atoms with van der Waals surface area (Å²) in [7, 11) is -37.5. The second kappa shape index (κ2) is 49.4. The van der Waals surface area contributed by atoms with Crippen LogP contribution in [0.4, 0.5) is 27.2 Å². The van der Waals surface area contributed by atoms with Crippen LogP contribution in [0.3, 0.4) is 0 Å². The number of carboxylic acids is 1. The van der Waals surface area contributed by atoms with Crippen LogP contribution in [0.15, 0.2) is 81.6 Å². The number of amides is 3. The van der Waals surface area contributed by atoms with E-state index in [1.807, 2.05) is 0 Å². The van der Waals surface area contributed by atoms with Crippen molar-refractivity contribution in [3.8, 4) is 35.2 Å². The molecular weight excluding hydrogens is 2200 g/mol. The predicted octanol–water partition coefficient (Wildman–Crippen LogP) is 5.12. The number of aromatic nitrogens is 6. The fourth-order valence-corrected chi connectivity index (χ4v) is 25.7. The Morgan fingerprint density at radius 1 is 0.585 bits per heavy atom. The van der Waals surface area contributed by atoms with E-state index in [2.05, 4.69) is 82.1 Å². The molecule has 10 atom stereocenters. The van der Waals surface area contributed by atoms with E-state index in [1.165, 1.54) is 86.0 Å². The molecule has 4 aromatic heterocycles. The Bertz CT molecular complexity index is 7320. The van der Waals surface area contributed by atoms with Crippen LogP contribution in [-0.4, -0.2) is 271 Å². The minimum absolute atomic E-state index is 0.00217. The van der Waals surface area contributed by atoms with Crippen molar-refractivity contribution in [2.75, 3.05) is 117 Å². The van der Waals surface area contributed by atoms with Crippen molar-refractivity contribution in [3.63, 3.8) is 0 Å². The number of fused-ring (bicyclic) bond motifs is 6. The number of ketones is 2. The van der Waals surface area contributed by atoms with Gasteiger partial charge in [-0.15, -0.1) is 0 Å². The van der Waals surface area contributed by atoms with Crippen molar-refractivity contribution >= 4 is 202 Å². The van der Waals surface area contributed by atoms with Gasteiger partial charge in [-0.3, -0.25) is 57.1 Å². The van der Waals surface area contributed by atoms with Crippen LogP contribution in [0.1, 0.15) is 134 Å². The molecular formula is C79H98N14O42P6S6. The van der Waals surface area contributed by atoms with Gasteiger partial charge < -0.3 is 125 Å². The van der Waals surface area contributed by atoms with Gasteiger partial charge in [0.1, 0.15) is 72.4 Å². The van der Waals surface area contributed by atoms with Gasteiger partial charge >= 0.3 is 65.1 Å². The lowest BCUT2D eigenvalue weighted by atomic mass is 9.85. The Balaban J connectivity index is 0.000000345. The van der Waals surface area contributed by atoms with E-state index in [0.717, 1.165) is 5.75 Å². The van der Waals surface area contributed by atoms with Crippen molar-refractivity contribution in [1.29, 1.82) is 0 Å².